The summed E-state index contributed by atoms with van der Waals surface area (Å²) in [7, 11) is -4.61. The van der Waals surface area contributed by atoms with E-state index in [0.29, 0.717) is 12.8 Å². The summed E-state index contributed by atoms with van der Waals surface area (Å²) < 4.78 is 32.6. The quantitative estimate of drug-likeness (QED) is 0.0242. The lowest BCUT2D eigenvalue weighted by Crippen LogP contribution is -2.29. The number of phosphoric ester groups is 1. The van der Waals surface area contributed by atoms with Crippen LogP contribution in [-0.2, 0) is 32.7 Å². The summed E-state index contributed by atoms with van der Waals surface area (Å²) in [5, 5.41) is 18.3. The maximum Gasteiger partial charge on any atom is 0.472 e. The predicted octanol–water partition coefficient (Wildman–Crippen LogP) is 10.1. The van der Waals surface area contributed by atoms with Crippen molar-refractivity contribution in [2.45, 2.75) is 199 Å². The lowest BCUT2D eigenvalue weighted by atomic mass is 10.0. The zero-order valence-corrected chi connectivity index (χ0v) is 32.8. The highest BCUT2D eigenvalue weighted by molar-refractivity contribution is 7.47. The molecule has 0 bridgehead atoms. The molecule has 0 aromatic carbocycles. The van der Waals surface area contributed by atoms with Gasteiger partial charge in [0.05, 0.1) is 19.8 Å². The number of rotatable bonds is 38. The number of unbranched alkanes of at least 4 members (excludes halogenated alkanes) is 22. The van der Waals surface area contributed by atoms with Gasteiger partial charge in [0, 0.05) is 12.8 Å². The Morgan fingerprint density at radius 2 is 0.980 bits per heavy atom. The van der Waals surface area contributed by atoms with Crippen LogP contribution in [0.3, 0.4) is 0 Å². The Hall–Kier alpha value is -1.29. The molecule has 0 fully saturated rings. The van der Waals surface area contributed by atoms with E-state index < -0.39 is 51.8 Å². The van der Waals surface area contributed by atoms with Crippen LogP contribution in [0, 0.1) is 0 Å². The molecule has 50 heavy (non-hydrogen) atoms. The van der Waals surface area contributed by atoms with Crippen LogP contribution in [0.5, 0.6) is 0 Å². The van der Waals surface area contributed by atoms with Crippen molar-refractivity contribution in [3.8, 4) is 0 Å². The van der Waals surface area contributed by atoms with Gasteiger partial charge in [-0.05, 0) is 38.5 Å². The number of phosphoric acid groups is 1. The van der Waals surface area contributed by atoms with E-state index in [-0.39, 0.29) is 19.4 Å². The molecule has 11 heteroatoms. The van der Waals surface area contributed by atoms with Crippen molar-refractivity contribution in [2.24, 2.45) is 0 Å². The first-order valence-electron chi connectivity index (χ1n) is 20.1. The highest BCUT2D eigenvalue weighted by Crippen LogP contribution is 2.43. The Morgan fingerprint density at radius 3 is 1.46 bits per heavy atom. The SMILES string of the molecule is CCCCCC/C=C/CCCCCCCCCC(=O)O[C@H](COC(=O)CCCCCCCCCCCCCC)COP(=O)(O)OC[C@@H](O)CO. The van der Waals surface area contributed by atoms with Crippen molar-refractivity contribution >= 4 is 19.8 Å². The first-order chi connectivity index (χ1) is 24.2. The number of ether oxygens (including phenoxy) is 2. The van der Waals surface area contributed by atoms with Crippen LogP contribution < -0.4 is 0 Å². The Bertz CT molecular complexity index is 853. The molecule has 3 N–H and O–H groups in total. The van der Waals surface area contributed by atoms with Crippen molar-refractivity contribution in [3.63, 3.8) is 0 Å². The van der Waals surface area contributed by atoms with Gasteiger partial charge < -0.3 is 24.6 Å². The summed E-state index contributed by atoms with van der Waals surface area (Å²) in [6.07, 6.45) is 31.7. The molecular formula is C39H75O10P. The van der Waals surface area contributed by atoms with Crippen LogP contribution in [0.15, 0.2) is 12.2 Å². The zero-order chi connectivity index (χ0) is 37.0. The number of hydrogen-bond acceptors (Lipinski definition) is 9. The molecule has 0 amide bonds. The smallest absolute Gasteiger partial charge is 0.462 e. The van der Waals surface area contributed by atoms with E-state index in [2.05, 4.69) is 30.5 Å². The summed E-state index contributed by atoms with van der Waals surface area (Å²) in [6, 6.07) is 0. The number of hydrogen-bond donors (Lipinski definition) is 3. The second-order valence-electron chi connectivity index (χ2n) is 13.7. The van der Waals surface area contributed by atoms with Gasteiger partial charge in [0.25, 0.3) is 0 Å². The van der Waals surface area contributed by atoms with Crippen LogP contribution in [0.4, 0.5) is 0 Å². The van der Waals surface area contributed by atoms with Crippen molar-refractivity contribution in [1.82, 2.24) is 0 Å². The standard InChI is InChI=1S/C39H75O10P/c1-3-5-7-9-11-13-15-17-18-19-21-23-25-27-29-31-39(43)49-37(35-48-50(44,45)47-33-36(41)32-40)34-46-38(42)30-28-26-24-22-20-16-14-12-10-8-6-4-2/h13,15,36-37,40-41H,3-12,14,16-35H2,1-2H3,(H,44,45)/b15-13+/t36-,37+/m0/s1. The van der Waals surface area contributed by atoms with Crippen LogP contribution >= 0.6 is 7.82 Å². The third kappa shape index (κ3) is 35.1. The van der Waals surface area contributed by atoms with Crippen molar-refractivity contribution in [2.75, 3.05) is 26.4 Å². The summed E-state index contributed by atoms with van der Waals surface area (Å²) in [4.78, 5) is 34.8. The summed E-state index contributed by atoms with van der Waals surface area (Å²) >= 11 is 0. The second kappa shape index (κ2) is 36.1. The first-order valence-corrected chi connectivity index (χ1v) is 21.6. The van der Waals surface area contributed by atoms with Gasteiger partial charge in [0.15, 0.2) is 6.10 Å². The van der Waals surface area contributed by atoms with Gasteiger partial charge in [0.2, 0.25) is 0 Å². The molecule has 0 saturated carbocycles. The van der Waals surface area contributed by atoms with Gasteiger partial charge in [-0.15, -0.1) is 0 Å². The van der Waals surface area contributed by atoms with E-state index in [1.807, 2.05) is 0 Å². The zero-order valence-electron chi connectivity index (χ0n) is 31.9. The molecule has 3 atom stereocenters. The second-order valence-corrected chi connectivity index (χ2v) is 15.1. The van der Waals surface area contributed by atoms with E-state index in [0.717, 1.165) is 44.9 Å². The minimum atomic E-state index is -4.61. The van der Waals surface area contributed by atoms with E-state index in [1.54, 1.807) is 0 Å². The average Bonchev–Trinajstić information content (AvgIpc) is 3.10. The maximum absolute atomic E-state index is 12.6. The molecule has 0 radical (unpaired) electrons. The minimum absolute atomic E-state index is 0.183. The average molecular weight is 735 g/mol. The molecule has 0 spiro atoms. The molecule has 0 heterocycles. The highest BCUT2D eigenvalue weighted by atomic mass is 31.2. The van der Waals surface area contributed by atoms with E-state index in [4.69, 9.17) is 19.1 Å². The molecule has 1 unspecified atom stereocenters. The number of esters is 2. The number of allylic oxidation sites excluding steroid dienone is 2. The normalized spacial score (nSPS) is 14.1. The third-order valence-electron chi connectivity index (χ3n) is 8.67. The van der Waals surface area contributed by atoms with Gasteiger partial charge in [-0.1, -0.05) is 148 Å². The molecule has 0 aliphatic heterocycles. The molecular weight excluding hydrogens is 659 g/mol. The largest absolute Gasteiger partial charge is 0.472 e. The summed E-state index contributed by atoms with van der Waals surface area (Å²) in [5.41, 5.74) is 0. The summed E-state index contributed by atoms with van der Waals surface area (Å²) in [6.45, 7) is 2.36. The first kappa shape index (κ1) is 48.7. The molecule has 0 aliphatic carbocycles. The van der Waals surface area contributed by atoms with Gasteiger partial charge in [-0.2, -0.15) is 0 Å². The fraction of sp³-hybridized carbons (Fsp3) is 0.897. The number of carbonyl (C=O) groups is 2. The van der Waals surface area contributed by atoms with E-state index in [1.165, 1.54) is 103 Å². The molecule has 0 rings (SSSR count). The maximum atomic E-state index is 12.6. The van der Waals surface area contributed by atoms with Crippen LogP contribution in [0.2, 0.25) is 0 Å². The van der Waals surface area contributed by atoms with Crippen LogP contribution in [0.1, 0.15) is 187 Å². The highest BCUT2D eigenvalue weighted by Gasteiger charge is 2.27. The van der Waals surface area contributed by atoms with Crippen molar-refractivity contribution in [1.29, 1.82) is 0 Å². The van der Waals surface area contributed by atoms with Gasteiger partial charge in [0.1, 0.15) is 12.7 Å². The predicted molar refractivity (Wildman–Crippen MR) is 201 cm³/mol. The Labute approximate surface area is 305 Å². The van der Waals surface area contributed by atoms with Gasteiger partial charge in [-0.3, -0.25) is 18.6 Å². The summed E-state index contributed by atoms with van der Waals surface area (Å²) in [5.74, 6) is -0.924. The molecule has 10 nitrogen and oxygen atoms in total. The number of carbonyl (C=O) groups excluding carboxylic acids is 2. The van der Waals surface area contributed by atoms with Crippen molar-refractivity contribution in [3.05, 3.63) is 12.2 Å². The van der Waals surface area contributed by atoms with Crippen molar-refractivity contribution < 1.29 is 47.8 Å². The fourth-order valence-corrected chi connectivity index (χ4v) is 6.31. The van der Waals surface area contributed by atoms with Gasteiger partial charge in [-0.25, -0.2) is 4.57 Å². The number of aliphatic hydroxyl groups is 2. The molecule has 0 aromatic rings. The van der Waals surface area contributed by atoms with Gasteiger partial charge >= 0.3 is 19.8 Å². The van der Waals surface area contributed by atoms with E-state index >= 15 is 0 Å². The Balaban J connectivity index is 4.33. The molecule has 0 saturated heterocycles. The monoisotopic (exact) mass is 735 g/mol. The minimum Gasteiger partial charge on any atom is -0.462 e. The lowest BCUT2D eigenvalue weighted by Gasteiger charge is -2.20. The molecule has 0 aromatic heterocycles. The topological polar surface area (TPSA) is 149 Å². The Kier molecular flexibility index (Phi) is 35.2. The van der Waals surface area contributed by atoms with Crippen LogP contribution in [0.25, 0.3) is 0 Å². The fourth-order valence-electron chi connectivity index (χ4n) is 5.52. The van der Waals surface area contributed by atoms with E-state index in [9.17, 15) is 24.2 Å². The lowest BCUT2D eigenvalue weighted by molar-refractivity contribution is -0.161. The van der Waals surface area contributed by atoms with Crippen LogP contribution in [-0.4, -0.2) is 65.7 Å². The Morgan fingerprint density at radius 1 is 0.580 bits per heavy atom. The third-order valence-corrected chi connectivity index (χ3v) is 9.62. The number of aliphatic hydroxyl groups excluding tert-OH is 2. The molecule has 296 valence electrons. The molecule has 0 aliphatic rings.